The highest BCUT2D eigenvalue weighted by molar-refractivity contribution is 6.31. The van der Waals surface area contributed by atoms with E-state index in [1.54, 1.807) is 0 Å². The highest BCUT2D eigenvalue weighted by atomic mass is 35.5. The summed E-state index contributed by atoms with van der Waals surface area (Å²) in [7, 11) is 0. The van der Waals surface area contributed by atoms with Crippen LogP contribution >= 0.6 is 11.6 Å². The van der Waals surface area contributed by atoms with Gasteiger partial charge in [-0.1, -0.05) is 67.1 Å². The third kappa shape index (κ3) is 4.33. The molecule has 2 unspecified atom stereocenters. The van der Waals surface area contributed by atoms with E-state index in [4.69, 9.17) is 11.6 Å². The first-order valence-corrected chi connectivity index (χ1v) is 7.54. The number of benzene rings is 2. The molecule has 2 aromatic rings. The van der Waals surface area contributed by atoms with E-state index < -0.39 is 0 Å². The highest BCUT2D eigenvalue weighted by Gasteiger charge is 2.15. The maximum absolute atomic E-state index is 12.2. The third-order valence-electron chi connectivity index (χ3n) is 3.61. The van der Waals surface area contributed by atoms with Crippen LogP contribution in [0.3, 0.4) is 0 Å². The first-order chi connectivity index (χ1) is 10.1. The smallest absolute Gasteiger partial charge is 0.221 e. The van der Waals surface area contributed by atoms with Gasteiger partial charge in [-0.25, -0.2) is 0 Å². The molecule has 0 fully saturated rings. The van der Waals surface area contributed by atoms with Gasteiger partial charge in [0.25, 0.3) is 0 Å². The van der Waals surface area contributed by atoms with Crippen molar-refractivity contribution in [3.8, 4) is 0 Å². The average Bonchev–Trinajstić information content (AvgIpc) is 2.48. The van der Waals surface area contributed by atoms with Gasteiger partial charge in [-0.05, 0) is 30.0 Å². The maximum atomic E-state index is 12.2. The lowest BCUT2D eigenvalue weighted by Crippen LogP contribution is -2.27. The number of hydrogen-bond donors (Lipinski definition) is 1. The van der Waals surface area contributed by atoms with Crippen LogP contribution in [0.4, 0.5) is 0 Å². The molecule has 2 rings (SSSR count). The van der Waals surface area contributed by atoms with Gasteiger partial charge in [0.2, 0.25) is 5.91 Å². The molecule has 0 aromatic heterocycles. The van der Waals surface area contributed by atoms with Crippen molar-refractivity contribution < 1.29 is 4.79 Å². The molecule has 110 valence electrons. The summed E-state index contributed by atoms with van der Waals surface area (Å²) in [5, 5.41) is 3.70. The van der Waals surface area contributed by atoms with Crippen LogP contribution in [-0.2, 0) is 4.79 Å². The van der Waals surface area contributed by atoms with Gasteiger partial charge in [-0.3, -0.25) is 4.79 Å². The standard InChI is InChI=1S/C18H20ClNO/c1-13(15-8-4-3-5-9-15)12-18(21)20-14(2)16-10-6-7-11-17(16)19/h3-11,13-14H,12H2,1-2H3,(H,20,21). The molecule has 1 N–H and O–H groups in total. The van der Waals surface area contributed by atoms with Crippen LogP contribution in [0.1, 0.15) is 43.4 Å². The van der Waals surface area contributed by atoms with E-state index in [1.165, 1.54) is 5.56 Å². The largest absolute Gasteiger partial charge is 0.350 e. The average molecular weight is 302 g/mol. The second kappa shape index (κ2) is 7.28. The van der Waals surface area contributed by atoms with Crippen LogP contribution in [0.15, 0.2) is 54.6 Å². The zero-order valence-corrected chi connectivity index (χ0v) is 13.1. The van der Waals surface area contributed by atoms with Crippen molar-refractivity contribution in [1.82, 2.24) is 5.32 Å². The van der Waals surface area contributed by atoms with Crippen LogP contribution in [0.25, 0.3) is 0 Å². The number of rotatable bonds is 5. The van der Waals surface area contributed by atoms with Crippen molar-refractivity contribution in [2.45, 2.75) is 32.2 Å². The molecule has 0 radical (unpaired) electrons. The Morgan fingerprint density at radius 1 is 1.05 bits per heavy atom. The Balaban J connectivity index is 1.94. The molecule has 0 heterocycles. The van der Waals surface area contributed by atoms with Gasteiger partial charge >= 0.3 is 0 Å². The number of carbonyl (C=O) groups excluding carboxylic acids is 1. The minimum Gasteiger partial charge on any atom is -0.350 e. The first-order valence-electron chi connectivity index (χ1n) is 7.16. The molecule has 0 aliphatic rings. The number of halogens is 1. The van der Waals surface area contributed by atoms with Gasteiger partial charge in [0.15, 0.2) is 0 Å². The Labute approximate surface area is 131 Å². The van der Waals surface area contributed by atoms with E-state index in [0.717, 1.165) is 5.56 Å². The lowest BCUT2D eigenvalue weighted by atomic mass is 9.97. The molecule has 0 bridgehead atoms. The molecule has 0 saturated heterocycles. The van der Waals surface area contributed by atoms with E-state index in [9.17, 15) is 4.79 Å². The Hall–Kier alpha value is -1.80. The maximum Gasteiger partial charge on any atom is 0.221 e. The SMILES string of the molecule is CC(CC(=O)NC(C)c1ccccc1Cl)c1ccccc1. The fourth-order valence-electron chi connectivity index (χ4n) is 2.38. The van der Waals surface area contributed by atoms with E-state index in [2.05, 4.69) is 24.4 Å². The van der Waals surface area contributed by atoms with Gasteiger partial charge < -0.3 is 5.32 Å². The van der Waals surface area contributed by atoms with Crippen LogP contribution in [0, 0.1) is 0 Å². The molecule has 2 aromatic carbocycles. The molecule has 2 nitrogen and oxygen atoms in total. The molecule has 2 atom stereocenters. The lowest BCUT2D eigenvalue weighted by molar-refractivity contribution is -0.122. The molecule has 3 heteroatoms. The zero-order valence-electron chi connectivity index (χ0n) is 12.3. The minimum absolute atomic E-state index is 0.0405. The number of nitrogens with one attached hydrogen (secondary N) is 1. The zero-order chi connectivity index (χ0) is 15.2. The molecule has 1 amide bonds. The van der Waals surface area contributed by atoms with Crippen molar-refractivity contribution in [1.29, 1.82) is 0 Å². The van der Waals surface area contributed by atoms with Gasteiger partial charge in [-0.2, -0.15) is 0 Å². The second-order valence-corrected chi connectivity index (χ2v) is 5.73. The fraction of sp³-hybridized carbons (Fsp3) is 0.278. The summed E-state index contributed by atoms with van der Waals surface area (Å²) in [5.74, 6) is 0.239. The molecule has 0 aliphatic carbocycles. The Morgan fingerprint density at radius 2 is 1.67 bits per heavy atom. The van der Waals surface area contributed by atoms with Crippen LogP contribution in [0.2, 0.25) is 5.02 Å². The number of amides is 1. The summed E-state index contributed by atoms with van der Waals surface area (Å²) in [6, 6.07) is 17.6. The third-order valence-corrected chi connectivity index (χ3v) is 3.95. The van der Waals surface area contributed by atoms with E-state index >= 15 is 0 Å². The minimum atomic E-state index is -0.0887. The van der Waals surface area contributed by atoms with E-state index in [0.29, 0.717) is 11.4 Å². The number of carbonyl (C=O) groups is 1. The molecule has 21 heavy (non-hydrogen) atoms. The van der Waals surface area contributed by atoms with Crippen molar-refractivity contribution in [2.24, 2.45) is 0 Å². The van der Waals surface area contributed by atoms with Crippen LogP contribution in [-0.4, -0.2) is 5.91 Å². The highest BCUT2D eigenvalue weighted by Crippen LogP contribution is 2.23. The van der Waals surface area contributed by atoms with Gasteiger partial charge in [0, 0.05) is 11.4 Å². The molecule has 0 aliphatic heterocycles. The summed E-state index contributed by atoms with van der Waals surface area (Å²) in [6.45, 7) is 4.02. The number of hydrogen-bond acceptors (Lipinski definition) is 1. The van der Waals surface area contributed by atoms with Gasteiger partial charge in [-0.15, -0.1) is 0 Å². The molecular formula is C18H20ClNO. The fourth-order valence-corrected chi connectivity index (χ4v) is 2.68. The van der Waals surface area contributed by atoms with Crippen molar-refractivity contribution in [3.63, 3.8) is 0 Å². The van der Waals surface area contributed by atoms with E-state index in [-0.39, 0.29) is 17.9 Å². The normalized spacial score (nSPS) is 13.5. The van der Waals surface area contributed by atoms with E-state index in [1.807, 2.05) is 49.4 Å². The first kappa shape index (κ1) is 15.6. The van der Waals surface area contributed by atoms with Crippen molar-refractivity contribution in [2.75, 3.05) is 0 Å². The van der Waals surface area contributed by atoms with Gasteiger partial charge in [0.05, 0.1) is 6.04 Å². The van der Waals surface area contributed by atoms with Crippen LogP contribution < -0.4 is 5.32 Å². The summed E-state index contributed by atoms with van der Waals surface area (Å²) in [6.07, 6.45) is 0.471. The second-order valence-electron chi connectivity index (χ2n) is 5.33. The van der Waals surface area contributed by atoms with Gasteiger partial charge in [0.1, 0.15) is 0 Å². The summed E-state index contributed by atoms with van der Waals surface area (Å²) in [5.41, 5.74) is 2.12. The Bertz CT molecular complexity index is 597. The topological polar surface area (TPSA) is 29.1 Å². The summed E-state index contributed by atoms with van der Waals surface area (Å²) >= 11 is 6.15. The predicted molar refractivity (Wildman–Crippen MR) is 87.5 cm³/mol. The van der Waals surface area contributed by atoms with Crippen molar-refractivity contribution >= 4 is 17.5 Å². The summed E-state index contributed by atoms with van der Waals surface area (Å²) < 4.78 is 0. The summed E-state index contributed by atoms with van der Waals surface area (Å²) in [4.78, 5) is 12.2. The quantitative estimate of drug-likeness (QED) is 0.851. The lowest BCUT2D eigenvalue weighted by Gasteiger charge is -2.17. The monoisotopic (exact) mass is 301 g/mol. The molecule has 0 spiro atoms. The Kier molecular flexibility index (Phi) is 5.40. The van der Waals surface area contributed by atoms with Crippen molar-refractivity contribution in [3.05, 3.63) is 70.7 Å². The Morgan fingerprint density at radius 3 is 2.33 bits per heavy atom. The van der Waals surface area contributed by atoms with Crippen LogP contribution in [0.5, 0.6) is 0 Å². The predicted octanol–water partition coefficient (Wildman–Crippen LogP) is 4.71. The molecule has 0 saturated carbocycles. The molecular weight excluding hydrogens is 282 g/mol.